The first-order chi connectivity index (χ1) is 7.72. The molecule has 0 aliphatic rings. The maximum atomic E-state index is 9.65. The Bertz CT molecular complexity index is 125. The van der Waals surface area contributed by atoms with Crippen LogP contribution in [0.15, 0.2) is 0 Å². The van der Waals surface area contributed by atoms with Gasteiger partial charge in [-0.3, -0.25) is 4.90 Å². The van der Waals surface area contributed by atoms with E-state index < -0.39 is 0 Å². The van der Waals surface area contributed by atoms with Crippen molar-refractivity contribution in [2.45, 2.75) is 78.4 Å². The van der Waals surface area contributed by atoms with Gasteiger partial charge in [-0.15, -0.1) is 0 Å². The number of aliphatic hydroxyl groups is 1. The van der Waals surface area contributed by atoms with Crippen molar-refractivity contribution in [3.63, 3.8) is 0 Å². The summed E-state index contributed by atoms with van der Waals surface area (Å²) in [7, 11) is 0. The lowest BCUT2D eigenvalue weighted by Gasteiger charge is -2.25. The van der Waals surface area contributed by atoms with E-state index in [-0.39, 0.29) is 6.23 Å². The average molecular weight is 229 g/mol. The summed E-state index contributed by atoms with van der Waals surface area (Å²) in [5, 5.41) is 9.65. The zero-order chi connectivity index (χ0) is 12.2. The highest BCUT2D eigenvalue weighted by Crippen LogP contribution is 2.07. The number of hydrogen-bond donors (Lipinski definition) is 1. The maximum absolute atomic E-state index is 9.65. The minimum Gasteiger partial charge on any atom is -0.379 e. The van der Waals surface area contributed by atoms with Crippen LogP contribution in [0.25, 0.3) is 0 Å². The molecule has 2 heteroatoms. The summed E-state index contributed by atoms with van der Waals surface area (Å²) in [5.74, 6) is 0. The molecule has 0 fully saturated rings. The molecule has 0 spiro atoms. The molecule has 1 N–H and O–H groups in total. The summed E-state index contributed by atoms with van der Waals surface area (Å²) in [4.78, 5) is 2.21. The van der Waals surface area contributed by atoms with Crippen LogP contribution >= 0.6 is 0 Å². The predicted octanol–water partition coefficient (Wildman–Crippen LogP) is 3.79. The molecule has 0 amide bonds. The largest absolute Gasteiger partial charge is 0.379 e. The van der Waals surface area contributed by atoms with Crippen LogP contribution in [0.2, 0.25) is 0 Å². The van der Waals surface area contributed by atoms with Crippen LogP contribution in [0.5, 0.6) is 0 Å². The second-order valence-corrected chi connectivity index (χ2v) is 4.79. The van der Waals surface area contributed by atoms with Crippen molar-refractivity contribution in [1.29, 1.82) is 0 Å². The van der Waals surface area contributed by atoms with Crippen molar-refractivity contribution in [3.8, 4) is 0 Å². The van der Waals surface area contributed by atoms with Crippen molar-refractivity contribution < 1.29 is 5.11 Å². The van der Waals surface area contributed by atoms with E-state index in [0.29, 0.717) is 0 Å². The molecule has 0 radical (unpaired) electrons. The summed E-state index contributed by atoms with van der Waals surface area (Å²) < 4.78 is 0. The van der Waals surface area contributed by atoms with E-state index in [1.165, 1.54) is 51.4 Å². The first-order valence-electron chi connectivity index (χ1n) is 7.14. The van der Waals surface area contributed by atoms with Gasteiger partial charge < -0.3 is 5.11 Å². The van der Waals surface area contributed by atoms with E-state index >= 15 is 0 Å². The molecule has 0 saturated heterocycles. The SMILES string of the molecule is CCCCCCN(CCCCCC)C(C)O. The van der Waals surface area contributed by atoms with Gasteiger partial charge in [-0.25, -0.2) is 0 Å². The minimum atomic E-state index is -0.275. The lowest BCUT2D eigenvalue weighted by atomic mass is 10.1. The molecule has 0 aliphatic carbocycles. The Labute approximate surface area is 102 Å². The van der Waals surface area contributed by atoms with Crippen LogP contribution < -0.4 is 0 Å². The zero-order valence-electron chi connectivity index (χ0n) is 11.5. The first kappa shape index (κ1) is 15.9. The Hall–Kier alpha value is -0.0800. The van der Waals surface area contributed by atoms with Crippen molar-refractivity contribution in [2.75, 3.05) is 13.1 Å². The molecule has 98 valence electrons. The van der Waals surface area contributed by atoms with Gasteiger partial charge in [0, 0.05) is 13.1 Å². The molecule has 0 aliphatic heterocycles. The Morgan fingerprint density at radius 1 is 0.812 bits per heavy atom. The van der Waals surface area contributed by atoms with Gasteiger partial charge in [0.1, 0.15) is 6.23 Å². The van der Waals surface area contributed by atoms with Crippen LogP contribution in [0.3, 0.4) is 0 Å². The predicted molar refractivity (Wildman–Crippen MR) is 71.5 cm³/mol. The second kappa shape index (κ2) is 11.4. The van der Waals surface area contributed by atoms with Crippen LogP contribution in [0.4, 0.5) is 0 Å². The van der Waals surface area contributed by atoms with Gasteiger partial charge >= 0.3 is 0 Å². The number of hydrogen-bond acceptors (Lipinski definition) is 2. The molecule has 0 bridgehead atoms. The molecule has 0 saturated carbocycles. The Kier molecular flexibility index (Phi) is 11.3. The van der Waals surface area contributed by atoms with E-state index in [2.05, 4.69) is 18.7 Å². The van der Waals surface area contributed by atoms with Gasteiger partial charge in [0.25, 0.3) is 0 Å². The van der Waals surface area contributed by atoms with E-state index in [0.717, 1.165) is 13.1 Å². The minimum absolute atomic E-state index is 0.275. The van der Waals surface area contributed by atoms with E-state index in [9.17, 15) is 5.11 Å². The summed E-state index contributed by atoms with van der Waals surface area (Å²) in [6.07, 6.45) is 9.99. The van der Waals surface area contributed by atoms with Gasteiger partial charge in [0.15, 0.2) is 0 Å². The topological polar surface area (TPSA) is 23.5 Å². The molecule has 1 unspecified atom stereocenters. The highest BCUT2D eigenvalue weighted by atomic mass is 16.3. The number of rotatable bonds is 11. The molecule has 1 atom stereocenters. The van der Waals surface area contributed by atoms with Gasteiger partial charge in [0.2, 0.25) is 0 Å². The third-order valence-corrected chi connectivity index (χ3v) is 3.13. The highest BCUT2D eigenvalue weighted by Gasteiger charge is 2.09. The van der Waals surface area contributed by atoms with Crippen LogP contribution in [-0.4, -0.2) is 29.3 Å². The van der Waals surface area contributed by atoms with Gasteiger partial charge in [-0.1, -0.05) is 52.4 Å². The molecule has 16 heavy (non-hydrogen) atoms. The lowest BCUT2D eigenvalue weighted by Crippen LogP contribution is -2.34. The maximum Gasteiger partial charge on any atom is 0.104 e. The molecule has 0 aromatic heterocycles. The molecule has 0 rings (SSSR count). The van der Waals surface area contributed by atoms with E-state index in [1.54, 1.807) is 0 Å². The molecular formula is C14H31NO. The summed E-state index contributed by atoms with van der Waals surface area (Å²) in [6.45, 7) is 8.47. The molecular weight excluding hydrogens is 198 g/mol. The lowest BCUT2D eigenvalue weighted by molar-refractivity contribution is 0.0163. The molecule has 2 nitrogen and oxygen atoms in total. The number of unbranched alkanes of at least 4 members (excludes halogenated alkanes) is 6. The van der Waals surface area contributed by atoms with Crippen molar-refractivity contribution >= 4 is 0 Å². The van der Waals surface area contributed by atoms with E-state index in [4.69, 9.17) is 0 Å². The Morgan fingerprint density at radius 2 is 1.25 bits per heavy atom. The smallest absolute Gasteiger partial charge is 0.104 e. The van der Waals surface area contributed by atoms with Crippen LogP contribution in [0.1, 0.15) is 72.1 Å². The number of aliphatic hydroxyl groups excluding tert-OH is 1. The third kappa shape index (κ3) is 9.17. The van der Waals surface area contributed by atoms with Crippen molar-refractivity contribution in [2.24, 2.45) is 0 Å². The van der Waals surface area contributed by atoms with Gasteiger partial charge in [-0.05, 0) is 19.8 Å². The standard InChI is InChI=1S/C14H31NO/c1-4-6-8-10-12-15(14(3)16)13-11-9-7-5-2/h14,16H,4-13H2,1-3H3. The normalized spacial score (nSPS) is 13.3. The summed E-state index contributed by atoms with van der Waals surface area (Å²) in [5.41, 5.74) is 0. The first-order valence-corrected chi connectivity index (χ1v) is 7.14. The fourth-order valence-corrected chi connectivity index (χ4v) is 1.97. The summed E-state index contributed by atoms with van der Waals surface area (Å²) in [6, 6.07) is 0. The second-order valence-electron chi connectivity index (χ2n) is 4.79. The van der Waals surface area contributed by atoms with Gasteiger partial charge in [-0.2, -0.15) is 0 Å². The average Bonchev–Trinajstić information content (AvgIpc) is 2.26. The van der Waals surface area contributed by atoms with Crippen LogP contribution in [-0.2, 0) is 0 Å². The van der Waals surface area contributed by atoms with Crippen molar-refractivity contribution in [3.05, 3.63) is 0 Å². The molecule has 0 aromatic carbocycles. The third-order valence-electron chi connectivity index (χ3n) is 3.13. The number of nitrogens with zero attached hydrogens (tertiary/aromatic N) is 1. The Balaban J connectivity index is 3.54. The monoisotopic (exact) mass is 229 g/mol. The molecule has 0 aromatic rings. The van der Waals surface area contributed by atoms with E-state index in [1.807, 2.05) is 6.92 Å². The van der Waals surface area contributed by atoms with Crippen LogP contribution in [0, 0.1) is 0 Å². The fourth-order valence-electron chi connectivity index (χ4n) is 1.97. The van der Waals surface area contributed by atoms with Crippen molar-refractivity contribution in [1.82, 2.24) is 4.90 Å². The Morgan fingerprint density at radius 3 is 1.56 bits per heavy atom. The summed E-state index contributed by atoms with van der Waals surface area (Å²) >= 11 is 0. The quantitative estimate of drug-likeness (QED) is 0.430. The zero-order valence-corrected chi connectivity index (χ0v) is 11.5. The highest BCUT2D eigenvalue weighted by molar-refractivity contribution is 4.59. The van der Waals surface area contributed by atoms with Gasteiger partial charge in [0.05, 0.1) is 0 Å². The fraction of sp³-hybridized carbons (Fsp3) is 1.00. The molecule has 0 heterocycles.